The van der Waals surface area contributed by atoms with E-state index >= 15 is 0 Å². The fourth-order valence-electron chi connectivity index (χ4n) is 10.1. The summed E-state index contributed by atoms with van der Waals surface area (Å²) < 4.78 is 0. The summed E-state index contributed by atoms with van der Waals surface area (Å²) in [6, 6.07) is 65.2. The van der Waals surface area contributed by atoms with Crippen LogP contribution in [0.4, 0.5) is 0 Å². The molecule has 0 radical (unpaired) electrons. The molecule has 0 heterocycles. The summed E-state index contributed by atoms with van der Waals surface area (Å²) in [4.78, 5) is 2.52. The highest BCUT2D eigenvalue weighted by molar-refractivity contribution is 7.99. The van der Waals surface area contributed by atoms with Crippen molar-refractivity contribution >= 4 is 23.5 Å². The minimum absolute atomic E-state index is 0.111. The van der Waals surface area contributed by atoms with E-state index in [0.29, 0.717) is 0 Å². The Labute approximate surface area is 520 Å². The van der Waals surface area contributed by atoms with Crippen LogP contribution in [0, 0.1) is 0 Å². The molecule has 0 unspecified atom stereocenters. The van der Waals surface area contributed by atoms with Gasteiger partial charge in [-0.15, -0.1) is 0 Å². The SMILES string of the molecule is CC(C)(C)c1cc(-c2ccc(CSCc3ccc(-c4cc(C(C)(C)C)cc(C(C)(C)C)c4)cc3)cc2)cc(C(C)(C)C)c1.CC(C)(C)c1cc(-c2ccc(Sc3ccc(-c4cc(C(C)(C)C)cc(C(C)(C)C)c4)cc3)cc2)cc(C(C)(C)C)c1. The first-order valence-corrected chi connectivity index (χ1v) is 32.9. The maximum atomic E-state index is 2.40. The average Bonchev–Trinajstić information content (AvgIpc) is 2.76. The number of hydrogen-bond acceptors (Lipinski definition) is 2. The van der Waals surface area contributed by atoms with E-state index in [9.17, 15) is 0 Å². The smallest absolute Gasteiger partial charge is 0.0187 e. The van der Waals surface area contributed by atoms with Gasteiger partial charge in [0.15, 0.2) is 0 Å². The Hall–Kier alpha value is -5.54. The van der Waals surface area contributed by atoms with Gasteiger partial charge in [0.2, 0.25) is 0 Å². The lowest BCUT2D eigenvalue weighted by Gasteiger charge is -2.26. The molecule has 2 heteroatoms. The van der Waals surface area contributed by atoms with Gasteiger partial charge < -0.3 is 0 Å². The van der Waals surface area contributed by atoms with E-state index in [1.54, 1.807) is 0 Å². The normalized spacial score (nSPS) is 13.0. The lowest BCUT2D eigenvalue weighted by atomic mass is 9.79. The zero-order valence-electron chi connectivity index (χ0n) is 56.4. The molecule has 84 heavy (non-hydrogen) atoms. The topological polar surface area (TPSA) is 0 Å². The fourth-order valence-corrected chi connectivity index (χ4v) is 11.9. The minimum Gasteiger partial charge on any atom is -0.152 e. The number of hydrogen-bond donors (Lipinski definition) is 0. The molecule has 0 spiro atoms. The van der Waals surface area contributed by atoms with Crippen molar-refractivity contribution in [2.24, 2.45) is 0 Å². The molecule has 0 aromatic heterocycles. The third kappa shape index (κ3) is 17.8. The predicted molar refractivity (Wildman–Crippen MR) is 376 cm³/mol. The highest BCUT2D eigenvalue weighted by Gasteiger charge is 2.25. The summed E-state index contributed by atoms with van der Waals surface area (Å²) in [7, 11) is 0. The molecule has 0 bridgehead atoms. The minimum atomic E-state index is 0.111. The van der Waals surface area contributed by atoms with E-state index in [4.69, 9.17) is 0 Å². The molecule has 8 rings (SSSR count). The Kier molecular flexibility index (Phi) is 19.7. The van der Waals surface area contributed by atoms with Gasteiger partial charge >= 0.3 is 0 Å². The van der Waals surface area contributed by atoms with Crippen molar-refractivity contribution in [1.82, 2.24) is 0 Å². The van der Waals surface area contributed by atoms with Crippen molar-refractivity contribution in [2.45, 2.75) is 231 Å². The highest BCUT2D eigenvalue weighted by atomic mass is 32.2. The summed E-state index contributed by atoms with van der Waals surface area (Å²) in [5, 5.41) is 0. The third-order valence-corrected chi connectivity index (χ3v) is 18.5. The van der Waals surface area contributed by atoms with Gasteiger partial charge in [-0.3, -0.25) is 0 Å². The van der Waals surface area contributed by atoms with Crippen molar-refractivity contribution in [3.05, 3.63) is 225 Å². The first-order chi connectivity index (χ1) is 38.6. The quantitative estimate of drug-likeness (QED) is 0.134. The van der Waals surface area contributed by atoms with Gasteiger partial charge in [-0.1, -0.05) is 324 Å². The van der Waals surface area contributed by atoms with E-state index in [1.165, 1.54) is 110 Å². The van der Waals surface area contributed by atoms with Gasteiger partial charge in [0.1, 0.15) is 0 Å². The summed E-state index contributed by atoms with van der Waals surface area (Å²) in [6.07, 6.45) is 0. The van der Waals surface area contributed by atoms with Crippen LogP contribution in [0.25, 0.3) is 44.5 Å². The van der Waals surface area contributed by atoms with Crippen LogP contribution < -0.4 is 0 Å². The maximum absolute atomic E-state index is 2.40. The van der Waals surface area contributed by atoms with Crippen LogP contribution in [-0.2, 0) is 54.8 Å². The van der Waals surface area contributed by atoms with Crippen LogP contribution in [0.3, 0.4) is 0 Å². The van der Waals surface area contributed by atoms with E-state index < -0.39 is 0 Å². The van der Waals surface area contributed by atoms with Crippen LogP contribution in [0.2, 0.25) is 0 Å². The van der Waals surface area contributed by atoms with E-state index in [1.807, 2.05) is 23.5 Å². The molecule has 0 aliphatic heterocycles. The number of rotatable bonds is 10. The average molecular weight is 1150 g/mol. The predicted octanol–water partition coefficient (Wildman–Crippen LogP) is 25.0. The lowest BCUT2D eigenvalue weighted by molar-refractivity contribution is 0.568. The number of benzene rings is 8. The van der Waals surface area contributed by atoms with Crippen LogP contribution in [0.1, 0.15) is 222 Å². The first kappa shape index (κ1) is 66.0. The van der Waals surface area contributed by atoms with Crippen molar-refractivity contribution in [2.75, 3.05) is 0 Å². The van der Waals surface area contributed by atoms with E-state index in [0.717, 1.165) is 11.5 Å². The molecule has 444 valence electrons. The summed E-state index contributed by atoms with van der Waals surface area (Å²) in [5.74, 6) is 2.03. The van der Waals surface area contributed by atoms with Crippen molar-refractivity contribution in [3.63, 3.8) is 0 Å². The number of thioether (sulfide) groups is 1. The molecule has 0 aliphatic carbocycles. The lowest BCUT2D eigenvalue weighted by Crippen LogP contribution is -2.16. The van der Waals surface area contributed by atoms with Crippen LogP contribution in [0.15, 0.2) is 180 Å². The van der Waals surface area contributed by atoms with Gasteiger partial charge in [0.05, 0.1) is 0 Å². The van der Waals surface area contributed by atoms with Crippen LogP contribution in [-0.4, -0.2) is 0 Å². The third-order valence-electron chi connectivity index (χ3n) is 16.4. The van der Waals surface area contributed by atoms with Crippen LogP contribution >= 0.6 is 23.5 Å². The molecule has 0 N–H and O–H groups in total. The van der Waals surface area contributed by atoms with E-state index in [-0.39, 0.29) is 43.3 Å². The molecule has 8 aromatic carbocycles. The largest absolute Gasteiger partial charge is 0.152 e. The zero-order chi connectivity index (χ0) is 62.2. The molecular weight excluding hydrogens is 1050 g/mol. The standard InChI is InChI=1S/C42H54S.C40H50S/c1-39(2,3)35-21-33(22-36(25-35)40(4,5)6)31-17-13-29(14-18-31)27-43-28-30-15-19-32(20-16-30)34-23-37(41(7,8)9)26-38(24-34)42(10,11)12;1-37(2,3)31-21-29(22-32(25-31)38(4,5)6)27-13-17-35(18-14-27)41-36-19-15-28(16-20-36)30-23-33(39(7,8)9)26-34(24-30)40(10,11)12/h13-26H,27-28H2,1-12H3;13-26H,1-12H3. The van der Waals surface area contributed by atoms with Crippen molar-refractivity contribution < 1.29 is 0 Å². The second kappa shape index (κ2) is 25.0. The molecule has 0 nitrogen and oxygen atoms in total. The molecular formula is C82H104S2. The maximum Gasteiger partial charge on any atom is 0.0187 e. The Bertz CT molecular complexity index is 3130. The Balaban J connectivity index is 0.000000241. The zero-order valence-corrected chi connectivity index (χ0v) is 58.0. The molecule has 0 amide bonds. The second-order valence-corrected chi connectivity index (χ2v) is 34.4. The molecule has 0 saturated carbocycles. The Morgan fingerprint density at radius 3 is 0.536 bits per heavy atom. The van der Waals surface area contributed by atoms with Gasteiger partial charge in [0, 0.05) is 21.3 Å². The monoisotopic (exact) mass is 1150 g/mol. The fraction of sp³-hybridized carbons (Fsp3) is 0.415. The van der Waals surface area contributed by atoms with Crippen LogP contribution in [0.5, 0.6) is 0 Å². The Morgan fingerprint density at radius 2 is 0.369 bits per heavy atom. The van der Waals surface area contributed by atoms with Gasteiger partial charge in [-0.2, -0.15) is 11.8 Å². The van der Waals surface area contributed by atoms with Gasteiger partial charge in [-0.05, 0) is 168 Å². The first-order valence-electron chi connectivity index (χ1n) is 30.9. The molecule has 0 fully saturated rings. The molecule has 0 atom stereocenters. The highest BCUT2D eigenvalue weighted by Crippen LogP contribution is 2.40. The molecule has 8 aromatic rings. The summed E-state index contributed by atoms with van der Waals surface area (Å²) in [6.45, 7) is 55.3. The summed E-state index contributed by atoms with van der Waals surface area (Å²) >= 11 is 3.81. The second-order valence-electron chi connectivity index (χ2n) is 32.2. The van der Waals surface area contributed by atoms with Gasteiger partial charge in [0.25, 0.3) is 0 Å². The van der Waals surface area contributed by atoms with E-state index in [2.05, 4.69) is 336 Å². The van der Waals surface area contributed by atoms with Crippen molar-refractivity contribution in [1.29, 1.82) is 0 Å². The summed E-state index contributed by atoms with van der Waals surface area (Å²) in [5.41, 5.74) is 25.2. The van der Waals surface area contributed by atoms with Gasteiger partial charge in [-0.25, -0.2) is 0 Å². The molecule has 0 saturated heterocycles. The van der Waals surface area contributed by atoms with Crippen molar-refractivity contribution in [3.8, 4) is 44.5 Å². The molecule has 0 aliphatic rings. The Morgan fingerprint density at radius 1 is 0.202 bits per heavy atom.